The summed E-state index contributed by atoms with van der Waals surface area (Å²) in [5.74, 6) is -0.346. The molecule has 0 bridgehead atoms. The van der Waals surface area contributed by atoms with Crippen molar-refractivity contribution in [2.45, 2.75) is 6.92 Å². The van der Waals surface area contributed by atoms with Crippen molar-refractivity contribution in [3.05, 3.63) is 95.2 Å². The highest BCUT2D eigenvalue weighted by atomic mass is 19.1. The number of nitrogens with zero attached hydrogens (tertiary/aromatic N) is 4. The zero-order chi connectivity index (χ0) is 19.3. The van der Waals surface area contributed by atoms with Crippen molar-refractivity contribution in [3.8, 4) is 11.4 Å². The fourth-order valence-corrected chi connectivity index (χ4v) is 3.47. The third-order valence-electron chi connectivity index (χ3n) is 4.80. The molecule has 5 nitrogen and oxygen atoms in total. The summed E-state index contributed by atoms with van der Waals surface area (Å²) in [6, 6.07) is 15.0. The number of halogens is 1. The molecule has 3 heterocycles. The number of aryl methyl sites for hydroxylation is 1. The van der Waals surface area contributed by atoms with Crippen LogP contribution in [0.2, 0.25) is 0 Å². The Labute approximate surface area is 159 Å². The van der Waals surface area contributed by atoms with E-state index in [9.17, 15) is 9.18 Å². The standard InChI is InChI=1S/C22H15FN4O/c1-14-12-26(13-25-14)18-7-8-20-19(10-18)22-15(11-24-20)2-9-21(28)27(22)17-5-3-16(23)4-6-17/h2-13H,1H3. The summed E-state index contributed by atoms with van der Waals surface area (Å²) in [5.41, 5.74) is 3.77. The number of rotatable bonds is 2. The Morgan fingerprint density at radius 2 is 1.71 bits per heavy atom. The first-order valence-electron chi connectivity index (χ1n) is 8.81. The van der Waals surface area contributed by atoms with Gasteiger partial charge >= 0.3 is 0 Å². The Hall–Kier alpha value is -3.80. The molecule has 0 amide bonds. The number of benzene rings is 2. The second-order valence-corrected chi connectivity index (χ2v) is 6.67. The summed E-state index contributed by atoms with van der Waals surface area (Å²) in [4.78, 5) is 21.6. The van der Waals surface area contributed by atoms with E-state index in [0.717, 1.165) is 33.2 Å². The van der Waals surface area contributed by atoms with Crippen LogP contribution >= 0.6 is 0 Å². The lowest BCUT2D eigenvalue weighted by Crippen LogP contribution is -2.17. The number of hydrogen-bond acceptors (Lipinski definition) is 3. The third kappa shape index (κ3) is 2.58. The molecule has 136 valence electrons. The smallest absolute Gasteiger partial charge is 0.255 e. The van der Waals surface area contributed by atoms with Crippen LogP contribution in [-0.2, 0) is 0 Å². The van der Waals surface area contributed by atoms with Crippen LogP contribution in [0, 0.1) is 12.7 Å². The van der Waals surface area contributed by atoms with Gasteiger partial charge in [0.2, 0.25) is 0 Å². The molecule has 5 aromatic rings. The van der Waals surface area contributed by atoms with E-state index in [1.54, 1.807) is 35.3 Å². The minimum atomic E-state index is -0.346. The monoisotopic (exact) mass is 370 g/mol. The van der Waals surface area contributed by atoms with Gasteiger partial charge in [0.1, 0.15) is 5.82 Å². The van der Waals surface area contributed by atoms with E-state index in [-0.39, 0.29) is 11.4 Å². The fraction of sp³-hybridized carbons (Fsp3) is 0.0455. The molecular formula is C22H15FN4O. The van der Waals surface area contributed by atoms with Crippen molar-refractivity contribution in [3.63, 3.8) is 0 Å². The topological polar surface area (TPSA) is 52.7 Å². The normalized spacial score (nSPS) is 11.4. The minimum Gasteiger partial charge on any atom is -0.306 e. The van der Waals surface area contributed by atoms with E-state index < -0.39 is 0 Å². The summed E-state index contributed by atoms with van der Waals surface area (Å²) < 4.78 is 16.9. The Kier molecular flexibility index (Phi) is 3.58. The summed E-state index contributed by atoms with van der Waals surface area (Å²) >= 11 is 0. The van der Waals surface area contributed by atoms with Crippen molar-refractivity contribution >= 4 is 21.8 Å². The fourth-order valence-electron chi connectivity index (χ4n) is 3.47. The maximum absolute atomic E-state index is 13.4. The molecule has 0 spiro atoms. The van der Waals surface area contributed by atoms with Crippen molar-refractivity contribution in [1.29, 1.82) is 0 Å². The second-order valence-electron chi connectivity index (χ2n) is 6.67. The van der Waals surface area contributed by atoms with Crippen LogP contribution in [0.3, 0.4) is 0 Å². The van der Waals surface area contributed by atoms with Crippen molar-refractivity contribution in [2.24, 2.45) is 0 Å². The van der Waals surface area contributed by atoms with Gasteiger partial charge in [0.15, 0.2) is 0 Å². The lowest BCUT2D eigenvalue weighted by atomic mass is 10.1. The molecule has 3 aromatic heterocycles. The predicted molar refractivity (Wildman–Crippen MR) is 107 cm³/mol. The van der Waals surface area contributed by atoms with Gasteiger partial charge in [-0.2, -0.15) is 0 Å². The Balaban J connectivity index is 1.88. The first-order valence-corrected chi connectivity index (χ1v) is 8.81. The molecule has 0 saturated carbocycles. The van der Waals surface area contributed by atoms with Crippen LogP contribution in [0.1, 0.15) is 5.69 Å². The molecule has 2 aromatic carbocycles. The summed E-state index contributed by atoms with van der Waals surface area (Å²) in [6.45, 7) is 1.93. The third-order valence-corrected chi connectivity index (χ3v) is 4.80. The maximum Gasteiger partial charge on any atom is 0.255 e. The molecule has 6 heteroatoms. The number of pyridine rings is 2. The lowest BCUT2D eigenvalue weighted by molar-refractivity contribution is 0.627. The molecule has 0 aliphatic carbocycles. The molecule has 5 rings (SSSR count). The first-order chi connectivity index (χ1) is 13.6. The van der Waals surface area contributed by atoms with Gasteiger partial charge in [-0.3, -0.25) is 14.3 Å². The van der Waals surface area contributed by atoms with Crippen LogP contribution in [0.5, 0.6) is 0 Å². The van der Waals surface area contributed by atoms with Gasteiger partial charge in [-0.15, -0.1) is 0 Å². The van der Waals surface area contributed by atoms with Crippen LogP contribution in [-0.4, -0.2) is 19.1 Å². The number of hydrogen-bond donors (Lipinski definition) is 0. The lowest BCUT2D eigenvalue weighted by Gasteiger charge is -2.13. The molecule has 28 heavy (non-hydrogen) atoms. The van der Waals surface area contributed by atoms with Gasteiger partial charge in [-0.1, -0.05) is 0 Å². The maximum atomic E-state index is 13.4. The van der Waals surface area contributed by atoms with Gasteiger partial charge < -0.3 is 4.57 Å². The second kappa shape index (κ2) is 6.13. The highest BCUT2D eigenvalue weighted by molar-refractivity contribution is 6.04. The zero-order valence-electron chi connectivity index (χ0n) is 15.0. The van der Waals surface area contributed by atoms with E-state index in [1.165, 1.54) is 18.2 Å². The van der Waals surface area contributed by atoms with Gasteiger partial charge in [0.25, 0.3) is 5.56 Å². The van der Waals surface area contributed by atoms with Gasteiger partial charge in [0, 0.05) is 40.6 Å². The molecule has 0 saturated heterocycles. The number of aromatic nitrogens is 4. The van der Waals surface area contributed by atoms with Gasteiger partial charge in [-0.05, 0) is 55.5 Å². The first kappa shape index (κ1) is 16.4. The average Bonchev–Trinajstić information content (AvgIpc) is 3.14. The van der Waals surface area contributed by atoms with E-state index in [1.807, 2.05) is 35.9 Å². The molecule has 0 N–H and O–H groups in total. The minimum absolute atomic E-state index is 0.185. The molecular weight excluding hydrogens is 355 g/mol. The molecule has 0 aliphatic rings. The zero-order valence-corrected chi connectivity index (χ0v) is 15.0. The van der Waals surface area contributed by atoms with E-state index in [0.29, 0.717) is 5.69 Å². The van der Waals surface area contributed by atoms with Crippen molar-refractivity contribution in [1.82, 2.24) is 19.1 Å². The van der Waals surface area contributed by atoms with Crippen molar-refractivity contribution in [2.75, 3.05) is 0 Å². The van der Waals surface area contributed by atoms with Crippen molar-refractivity contribution < 1.29 is 4.39 Å². The molecule has 0 atom stereocenters. The van der Waals surface area contributed by atoms with Crippen LogP contribution in [0.4, 0.5) is 4.39 Å². The van der Waals surface area contributed by atoms with E-state index in [4.69, 9.17) is 0 Å². The largest absolute Gasteiger partial charge is 0.306 e. The van der Waals surface area contributed by atoms with Gasteiger partial charge in [-0.25, -0.2) is 9.37 Å². The highest BCUT2D eigenvalue weighted by Gasteiger charge is 2.11. The Morgan fingerprint density at radius 3 is 2.46 bits per heavy atom. The van der Waals surface area contributed by atoms with Crippen LogP contribution < -0.4 is 5.56 Å². The summed E-state index contributed by atoms with van der Waals surface area (Å²) in [7, 11) is 0. The summed E-state index contributed by atoms with van der Waals surface area (Å²) in [6.07, 6.45) is 5.44. The Bertz CT molecular complexity index is 1400. The molecule has 0 aliphatic heterocycles. The van der Waals surface area contributed by atoms with Gasteiger partial charge in [0.05, 0.1) is 23.1 Å². The predicted octanol–water partition coefficient (Wildman–Crippen LogP) is 4.17. The van der Waals surface area contributed by atoms with E-state index >= 15 is 0 Å². The quantitative estimate of drug-likeness (QED) is 0.438. The van der Waals surface area contributed by atoms with Crippen LogP contribution in [0.15, 0.2) is 78.1 Å². The average molecular weight is 370 g/mol. The van der Waals surface area contributed by atoms with E-state index in [2.05, 4.69) is 9.97 Å². The molecule has 0 fully saturated rings. The highest BCUT2D eigenvalue weighted by Crippen LogP contribution is 2.27. The molecule has 0 unspecified atom stereocenters. The molecule has 0 radical (unpaired) electrons. The number of fused-ring (bicyclic) bond motifs is 3. The SMILES string of the molecule is Cc1cn(-c2ccc3ncc4ccc(=O)n(-c5ccc(F)cc5)c4c3c2)cn1. The van der Waals surface area contributed by atoms with Crippen LogP contribution in [0.25, 0.3) is 33.2 Å². The Morgan fingerprint density at radius 1 is 0.929 bits per heavy atom. The summed E-state index contributed by atoms with van der Waals surface area (Å²) in [5, 5.41) is 1.67. The number of imidazole rings is 1.